The number of aromatic nitrogens is 1. The number of pyridine rings is 1. The van der Waals surface area contributed by atoms with E-state index in [0.717, 1.165) is 31.5 Å². The Labute approximate surface area is 108 Å². The summed E-state index contributed by atoms with van der Waals surface area (Å²) >= 11 is 0. The Morgan fingerprint density at radius 1 is 1.50 bits per heavy atom. The third-order valence-corrected chi connectivity index (χ3v) is 3.52. The molecule has 1 amide bonds. The maximum Gasteiger partial charge on any atom is 0.220 e. The Morgan fingerprint density at radius 2 is 2.28 bits per heavy atom. The lowest BCUT2D eigenvalue weighted by Crippen LogP contribution is -2.33. The molecule has 1 aromatic rings. The first-order chi connectivity index (χ1) is 8.74. The highest BCUT2D eigenvalue weighted by Crippen LogP contribution is 2.19. The molecular formula is C14H21N3O. The van der Waals surface area contributed by atoms with Gasteiger partial charge in [0, 0.05) is 25.4 Å². The minimum Gasteiger partial charge on any atom is -0.352 e. The SMILES string of the molecule is CN1CCC(CC(=O)NCc2cccnc2)CC1. The summed E-state index contributed by atoms with van der Waals surface area (Å²) in [6, 6.07) is 3.86. The van der Waals surface area contributed by atoms with Gasteiger partial charge in [0.25, 0.3) is 0 Å². The van der Waals surface area contributed by atoms with Crippen LogP contribution >= 0.6 is 0 Å². The van der Waals surface area contributed by atoms with Gasteiger partial charge in [0.1, 0.15) is 0 Å². The first kappa shape index (κ1) is 13.0. The molecule has 2 heterocycles. The van der Waals surface area contributed by atoms with Crippen molar-refractivity contribution in [2.45, 2.75) is 25.8 Å². The monoisotopic (exact) mass is 247 g/mol. The van der Waals surface area contributed by atoms with Crippen LogP contribution in [0.25, 0.3) is 0 Å². The van der Waals surface area contributed by atoms with E-state index < -0.39 is 0 Å². The second-order valence-electron chi connectivity index (χ2n) is 5.09. The van der Waals surface area contributed by atoms with Gasteiger partial charge in [-0.1, -0.05) is 6.07 Å². The van der Waals surface area contributed by atoms with E-state index in [1.54, 1.807) is 12.4 Å². The van der Waals surface area contributed by atoms with Crippen molar-refractivity contribution >= 4 is 5.91 Å². The fourth-order valence-corrected chi connectivity index (χ4v) is 2.30. The number of likely N-dealkylation sites (tertiary alicyclic amines) is 1. The van der Waals surface area contributed by atoms with E-state index in [-0.39, 0.29) is 5.91 Å². The van der Waals surface area contributed by atoms with Crippen molar-refractivity contribution in [2.24, 2.45) is 5.92 Å². The van der Waals surface area contributed by atoms with Crippen LogP contribution in [-0.4, -0.2) is 35.9 Å². The van der Waals surface area contributed by atoms with Crippen LogP contribution in [0.3, 0.4) is 0 Å². The largest absolute Gasteiger partial charge is 0.352 e. The van der Waals surface area contributed by atoms with E-state index in [1.165, 1.54) is 0 Å². The molecule has 0 unspecified atom stereocenters. The van der Waals surface area contributed by atoms with Crippen LogP contribution in [0.5, 0.6) is 0 Å². The van der Waals surface area contributed by atoms with Gasteiger partial charge in [-0.15, -0.1) is 0 Å². The van der Waals surface area contributed by atoms with Gasteiger partial charge in [-0.3, -0.25) is 9.78 Å². The van der Waals surface area contributed by atoms with Gasteiger partial charge >= 0.3 is 0 Å². The molecule has 0 bridgehead atoms. The topological polar surface area (TPSA) is 45.2 Å². The second kappa shape index (κ2) is 6.50. The van der Waals surface area contributed by atoms with E-state index in [0.29, 0.717) is 18.9 Å². The molecule has 1 aliphatic heterocycles. The third kappa shape index (κ3) is 4.11. The maximum absolute atomic E-state index is 11.8. The molecule has 18 heavy (non-hydrogen) atoms. The lowest BCUT2D eigenvalue weighted by Gasteiger charge is -2.28. The lowest BCUT2D eigenvalue weighted by molar-refractivity contribution is -0.122. The van der Waals surface area contributed by atoms with Gasteiger partial charge < -0.3 is 10.2 Å². The fraction of sp³-hybridized carbons (Fsp3) is 0.571. The molecule has 1 saturated heterocycles. The van der Waals surface area contributed by atoms with Crippen molar-refractivity contribution in [1.82, 2.24) is 15.2 Å². The molecule has 1 fully saturated rings. The number of piperidine rings is 1. The van der Waals surface area contributed by atoms with Gasteiger partial charge in [0.05, 0.1) is 0 Å². The molecule has 0 radical (unpaired) electrons. The highest BCUT2D eigenvalue weighted by Gasteiger charge is 2.19. The molecule has 0 spiro atoms. The van der Waals surface area contributed by atoms with Crippen molar-refractivity contribution < 1.29 is 4.79 Å². The van der Waals surface area contributed by atoms with E-state index in [4.69, 9.17) is 0 Å². The molecular weight excluding hydrogens is 226 g/mol. The van der Waals surface area contributed by atoms with Crippen LogP contribution in [0.4, 0.5) is 0 Å². The highest BCUT2D eigenvalue weighted by molar-refractivity contribution is 5.76. The lowest BCUT2D eigenvalue weighted by atomic mass is 9.93. The Hall–Kier alpha value is -1.42. The minimum atomic E-state index is 0.161. The number of nitrogens with zero attached hydrogens (tertiary/aromatic N) is 2. The number of hydrogen-bond acceptors (Lipinski definition) is 3. The van der Waals surface area contributed by atoms with Gasteiger partial charge in [-0.25, -0.2) is 0 Å². The van der Waals surface area contributed by atoms with Gasteiger partial charge in [-0.05, 0) is 50.5 Å². The first-order valence-electron chi connectivity index (χ1n) is 6.58. The molecule has 98 valence electrons. The maximum atomic E-state index is 11.8. The molecule has 4 heteroatoms. The zero-order valence-corrected chi connectivity index (χ0v) is 10.9. The van der Waals surface area contributed by atoms with E-state index in [1.807, 2.05) is 12.1 Å². The van der Waals surface area contributed by atoms with E-state index in [2.05, 4.69) is 22.2 Å². The first-order valence-corrected chi connectivity index (χ1v) is 6.58. The van der Waals surface area contributed by atoms with Crippen LogP contribution in [0.15, 0.2) is 24.5 Å². The number of hydrogen-bond donors (Lipinski definition) is 1. The molecule has 0 saturated carbocycles. The van der Waals surface area contributed by atoms with Gasteiger partial charge in [0.15, 0.2) is 0 Å². The average Bonchev–Trinajstić information content (AvgIpc) is 2.40. The minimum absolute atomic E-state index is 0.161. The molecule has 0 atom stereocenters. The predicted molar refractivity (Wildman–Crippen MR) is 70.9 cm³/mol. The predicted octanol–water partition coefficient (Wildman–Crippen LogP) is 1.43. The zero-order chi connectivity index (χ0) is 12.8. The van der Waals surface area contributed by atoms with E-state index >= 15 is 0 Å². The Morgan fingerprint density at radius 3 is 2.94 bits per heavy atom. The van der Waals surface area contributed by atoms with Crippen molar-refractivity contribution in [2.75, 3.05) is 20.1 Å². The molecule has 0 aliphatic carbocycles. The number of nitrogens with one attached hydrogen (secondary N) is 1. The molecule has 1 aromatic heterocycles. The van der Waals surface area contributed by atoms with Gasteiger partial charge in [0.2, 0.25) is 5.91 Å². The summed E-state index contributed by atoms with van der Waals surface area (Å²) in [5.41, 5.74) is 1.05. The van der Waals surface area contributed by atoms with E-state index in [9.17, 15) is 4.79 Å². The summed E-state index contributed by atoms with van der Waals surface area (Å²) in [7, 11) is 2.14. The fourth-order valence-electron chi connectivity index (χ4n) is 2.30. The standard InChI is InChI=1S/C14H21N3O/c1-17-7-4-12(5-8-17)9-14(18)16-11-13-3-2-6-15-10-13/h2-3,6,10,12H,4-5,7-9,11H2,1H3,(H,16,18). The number of rotatable bonds is 4. The van der Waals surface area contributed by atoms with Crippen LogP contribution in [0.1, 0.15) is 24.8 Å². The smallest absolute Gasteiger partial charge is 0.220 e. The summed E-state index contributed by atoms with van der Waals surface area (Å²) in [5.74, 6) is 0.712. The Kier molecular flexibility index (Phi) is 4.70. The number of amides is 1. The van der Waals surface area contributed by atoms with Crippen LogP contribution in [-0.2, 0) is 11.3 Å². The highest BCUT2D eigenvalue weighted by atomic mass is 16.1. The Balaban J connectivity index is 1.69. The summed E-state index contributed by atoms with van der Waals surface area (Å²) < 4.78 is 0. The summed E-state index contributed by atoms with van der Waals surface area (Å²) in [5, 5.41) is 2.96. The number of carbonyl (C=O) groups excluding carboxylic acids is 1. The van der Waals surface area contributed by atoms with Crippen LogP contribution in [0.2, 0.25) is 0 Å². The normalized spacial score (nSPS) is 17.6. The van der Waals surface area contributed by atoms with Crippen molar-refractivity contribution in [3.63, 3.8) is 0 Å². The molecule has 0 aromatic carbocycles. The zero-order valence-electron chi connectivity index (χ0n) is 10.9. The van der Waals surface area contributed by atoms with Gasteiger partial charge in [-0.2, -0.15) is 0 Å². The summed E-state index contributed by atoms with van der Waals surface area (Å²) in [6.07, 6.45) is 6.46. The van der Waals surface area contributed by atoms with Crippen molar-refractivity contribution in [3.05, 3.63) is 30.1 Å². The molecule has 4 nitrogen and oxygen atoms in total. The average molecular weight is 247 g/mol. The molecule has 1 aliphatic rings. The number of carbonyl (C=O) groups is 1. The molecule has 1 N–H and O–H groups in total. The van der Waals surface area contributed by atoms with Crippen molar-refractivity contribution in [3.8, 4) is 0 Å². The quantitative estimate of drug-likeness (QED) is 0.875. The van der Waals surface area contributed by atoms with Crippen LogP contribution < -0.4 is 5.32 Å². The summed E-state index contributed by atoms with van der Waals surface area (Å²) in [6.45, 7) is 2.81. The summed E-state index contributed by atoms with van der Waals surface area (Å²) in [4.78, 5) is 18.2. The third-order valence-electron chi connectivity index (χ3n) is 3.52. The Bertz CT molecular complexity index is 372. The van der Waals surface area contributed by atoms with Crippen molar-refractivity contribution in [1.29, 1.82) is 0 Å². The van der Waals surface area contributed by atoms with Crippen LogP contribution in [0, 0.1) is 5.92 Å². The second-order valence-corrected chi connectivity index (χ2v) is 5.09. The molecule has 2 rings (SSSR count).